The molecule has 1 amide bonds. The number of carbonyl (C=O) groups is 2. The number of hydrogen-bond donors (Lipinski definition) is 2. The normalized spacial score (nSPS) is 11.0. The number of ether oxygens (including phenoxy) is 2. The molecule has 0 bridgehead atoms. The second-order valence-corrected chi connectivity index (χ2v) is 7.80. The van der Waals surface area contributed by atoms with Crippen molar-refractivity contribution in [1.82, 2.24) is 4.72 Å². The van der Waals surface area contributed by atoms with E-state index < -0.39 is 28.5 Å². The first kappa shape index (κ1) is 22.4. The second kappa shape index (κ2) is 10.0. The van der Waals surface area contributed by atoms with Crippen LogP contribution in [0, 0.1) is 6.92 Å². The lowest BCUT2D eigenvalue weighted by atomic mass is 10.1. The molecule has 0 spiro atoms. The molecule has 29 heavy (non-hydrogen) atoms. The average Bonchev–Trinajstić information content (AvgIpc) is 2.68. The highest BCUT2D eigenvalue weighted by Crippen LogP contribution is 2.23. The summed E-state index contributed by atoms with van der Waals surface area (Å²) in [4.78, 5) is 24.5. The van der Waals surface area contributed by atoms with E-state index in [4.69, 9.17) is 9.47 Å². The molecule has 2 aromatic carbocycles. The first-order valence-corrected chi connectivity index (χ1v) is 10.6. The molecule has 2 aromatic rings. The van der Waals surface area contributed by atoms with Gasteiger partial charge in [0.25, 0.3) is 5.91 Å². The van der Waals surface area contributed by atoms with Crippen LogP contribution in [0.3, 0.4) is 0 Å². The van der Waals surface area contributed by atoms with Crippen molar-refractivity contribution in [2.45, 2.75) is 25.7 Å². The monoisotopic (exact) mass is 420 g/mol. The number of amides is 1. The SMILES string of the molecule is CCNS(=O)(=O)c1ccc(C)c(C(=O)OCC(=O)Nc2ccccc2OCC)c1. The van der Waals surface area contributed by atoms with Gasteiger partial charge < -0.3 is 14.8 Å². The van der Waals surface area contributed by atoms with Crippen molar-refractivity contribution in [3.63, 3.8) is 0 Å². The Kier molecular flexibility index (Phi) is 7.74. The van der Waals surface area contributed by atoms with E-state index >= 15 is 0 Å². The molecule has 0 fully saturated rings. The predicted molar refractivity (Wildman–Crippen MR) is 109 cm³/mol. The fourth-order valence-electron chi connectivity index (χ4n) is 2.51. The van der Waals surface area contributed by atoms with E-state index in [0.29, 0.717) is 23.6 Å². The van der Waals surface area contributed by atoms with Crippen molar-refractivity contribution in [1.29, 1.82) is 0 Å². The summed E-state index contributed by atoms with van der Waals surface area (Å²) < 4.78 is 37.1. The van der Waals surface area contributed by atoms with Gasteiger partial charge in [0.15, 0.2) is 6.61 Å². The van der Waals surface area contributed by atoms with E-state index in [1.165, 1.54) is 18.2 Å². The number of anilines is 1. The zero-order valence-corrected chi connectivity index (χ0v) is 17.3. The molecule has 2 rings (SSSR count). The number of nitrogens with one attached hydrogen (secondary N) is 2. The summed E-state index contributed by atoms with van der Waals surface area (Å²) in [5.74, 6) is -0.823. The van der Waals surface area contributed by atoms with Crippen molar-refractivity contribution in [2.24, 2.45) is 0 Å². The molecule has 0 heterocycles. The maximum absolute atomic E-state index is 12.4. The summed E-state index contributed by atoms with van der Waals surface area (Å²) >= 11 is 0. The number of benzene rings is 2. The molecule has 8 nitrogen and oxygen atoms in total. The van der Waals surface area contributed by atoms with Crippen LogP contribution in [0.1, 0.15) is 29.8 Å². The Labute approximate surface area is 170 Å². The molecule has 2 N–H and O–H groups in total. The first-order valence-electron chi connectivity index (χ1n) is 9.07. The molecule has 0 aliphatic rings. The number of carbonyl (C=O) groups excluding carboxylic acids is 2. The molecule has 0 saturated heterocycles. The lowest BCUT2D eigenvalue weighted by molar-refractivity contribution is -0.119. The summed E-state index contributed by atoms with van der Waals surface area (Å²) in [6.07, 6.45) is 0. The molecule has 0 aliphatic heterocycles. The Morgan fingerprint density at radius 1 is 1.07 bits per heavy atom. The van der Waals surface area contributed by atoms with E-state index in [-0.39, 0.29) is 17.0 Å². The Hall–Kier alpha value is -2.91. The predicted octanol–water partition coefficient (Wildman–Crippen LogP) is 2.49. The third-order valence-electron chi connectivity index (χ3n) is 3.87. The average molecular weight is 420 g/mol. The molecule has 9 heteroatoms. The highest BCUT2D eigenvalue weighted by molar-refractivity contribution is 7.89. The van der Waals surface area contributed by atoms with Gasteiger partial charge in [0, 0.05) is 6.54 Å². The van der Waals surface area contributed by atoms with Crippen LogP contribution in [-0.4, -0.2) is 40.1 Å². The zero-order chi connectivity index (χ0) is 21.4. The number of esters is 1. The number of hydrogen-bond acceptors (Lipinski definition) is 6. The summed E-state index contributed by atoms with van der Waals surface area (Å²) in [5, 5.41) is 2.62. The van der Waals surface area contributed by atoms with Crippen molar-refractivity contribution >= 4 is 27.6 Å². The van der Waals surface area contributed by atoms with Gasteiger partial charge in [0.1, 0.15) is 5.75 Å². The molecule has 0 saturated carbocycles. The topological polar surface area (TPSA) is 111 Å². The van der Waals surface area contributed by atoms with Crippen molar-refractivity contribution in [3.8, 4) is 5.75 Å². The molecular weight excluding hydrogens is 396 g/mol. The van der Waals surface area contributed by atoms with Crippen molar-refractivity contribution < 1.29 is 27.5 Å². The number of sulfonamides is 1. The fourth-order valence-corrected chi connectivity index (χ4v) is 3.57. The quantitative estimate of drug-likeness (QED) is 0.603. The summed E-state index contributed by atoms with van der Waals surface area (Å²) in [6.45, 7) is 5.27. The van der Waals surface area contributed by atoms with Crippen LogP contribution in [0.25, 0.3) is 0 Å². The highest BCUT2D eigenvalue weighted by atomic mass is 32.2. The molecule has 0 unspecified atom stereocenters. The highest BCUT2D eigenvalue weighted by Gasteiger charge is 2.19. The summed E-state index contributed by atoms with van der Waals surface area (Å²) in [5.41, 5.74) is 1.07. The van der Waals surface area contributed by atoms with Crippen LogP contribution in [0.2, 0.25) is 0 Å². The molecular formula is C20H24N2O6S. The van der Waals surface area contributed by atoms with E-state index in [1.54, 1.807) is 38.1 Å². The Balaban J connectivity index is 2.07. The zero-order valence-electron chi connectivity index (χ0n) is 16.5. The van der Waals surface area contributed by atoms with Gasteiger partial charge >= 0.3 is 5.97 Å². The van der Waals surface area contributed by atoms with Crippen LogP contribution in [-0.2, 0) is 19.6 Å². The Morgan fingerprint density at radius 2 is 1.79 bits per heavy atom. The van der Waals surface area contributed by atoms with Crippen LogP contribution < -0.4 is 14.8 Å². The third kappa shape index (κ3) is 6.03. The Morgan fingerprint density at radius 3 is 2.48 bits per heavy atom. The fraction of sp³-hybridized carbons (Fsp3) is 0.300. The van der Waals surface area contributed by atoms with E-state index in [2.05, 4.69) is 10.0 Å². The van der Waals surface area contributed by atoms with Gasteiger partial charge in [-0.25, -0.2) is 17.9 Å². The Bertz CT molecular complexity index is 988. The largest absolute Gasteiger partial charge is 0.492 e. The molecule has 0 radical (unpaired) electrons. The molecule has 0 aromatic heterocycles. The third-order valence-corrected chi connectivity index (χ3v) is 5.41. The van der Waals surface area contributed by atoms with Crippen LogP contribution >= 0.6 is 0 Å². The van der Waals surface area contributed by atoms with Gasteiger partial charge in [-0.05, 0) is 43.7 Å². The summed E-state index contributed by atoms with van der Waals surface area (Å²) in [6, 6.07) is 11.1. The van der Waals surface area contributed by atoms with Crippen LogP contribution in [0.4, 0.5) is 5.69 Å². The lowest BCUT2D eigenvalue weighted by Crippen LogP contribution is -2.24. The maximum Gasteiger partial charge on any atom is 0.338 e. The molecule has 0 atom stereocenters. The van der Waals surface area contributed by atoms with E-state index in [9.17, 15) is 18.0 Å². The van der Waals surface area contributed by atoms with Crippen LogP contribution in [0.5, 0.6) is 5.75 Å². The second-order valence-electron chi connectivity index (χ2n) is 6.03. The van der Waals surface area contributed by atoms with Crippen LogP contribution in [0.15, 0.2) is 47.4 Å². The number of aryl methyl sites for hydroxylation is 1. The molecule has 156 valence electrons. The van der Waals surface area contributed by atoms with Gasteiger partial charge in [-0.15, -0.1) is 0 Å². The van der Waals surface area contributed by atoms with Gasteiger partial charge in [0.05, 0.1) is 22.8 Å². The number of para-hydroxylation sites is 2. The first-order chi connectivity index (χ1) is 13.8. The van der Waals surface area contributed by atoms with Crippen molar-refractivity contribution in [3.05, 3.63) is 53.6 Å². The van der Waals surface area contributed by atoms with E-state index in [1.807, 2.05) is 6.92 Å². The number of rotatable bonds is 9. The summed E-state index contributed by atoms with van der Waals surface area (Å²) in [7, 11) is -3.72. The van der Waals surface area contributed by atoms with Crippen molar-refractivity contribution in [2.75, 3.05) is 25.1 Å². The standard InChI is InChI=1S/C20H24N2O6S/c1-4-21-29(25,26)15-11-10-14(3)16(12-15)20(24)28-13-19(23)22-17-8-6-7-9-18(17)27-5-2/h6-12,21H,4-5,13H2,1-3H3,(H,22,23). The lowest BCUT2D eigenvalue weighted by Gasteiger charge is -2.12. The maximum atomic E-state index is 12.4. The minimum absolute atomic E-state index is 0.0491. The van der Waals surface area contributed by atoms with Gasteiger partial charge in [-0.2, -0.15) is 0 Å². The minimum Gasteiger partial charge on any atom is -0.492 e. The smallest absolute Gasteiger partial charge is 0.338 e. The minimum atomic E-state index is -3.72. The van der Waals surface area contributed by atoms with Gasteiger partial charge in [0.2, 0.25) is 10.0 Å². The molecule has 0 aliphatic carbocycles. The van der Waals surface area contributed by atoms with Gasteiger partial charge in [-0.1, -0.05) is 25.1 Å². The van der Waals surface area contributed by atoms with Gasteiger partial charge in [-0.3, -0.25) is 4.79 Å². The van der Waals surface area contributed by atoms with E-state index in [0.717, 1.165) is 0 Å².